The number of thiazole rings is 1. The monoisotopic (exact) mass is 323 g/mol. The van der Waals surface area contributed by atoms with Gasteiger partial charge in [-0.3, -0.25) is 9.89 Å². The smallest absolute Gasteiger partial charge is 0.272 e. The zero-order valence-electron chi connectivity index (χ0n) is 12.0. The van der Waals surface area contributed by atoms with Gasteiger partial charge in [0, 0.05) is 6.54 Å². The van der Waals surface area contributed by atoms with Crippen LogP contribution in [-0.2, 0) is 6.54 Å². The Labute approximate surface area is 135 Å². The Bertz CT molecular complexity index is 1010. The van der Waals surface area contributed by atoms with E-state index in [9.17, 15) is 4.79 Å². The Hall–Kier alpha value is -2.93. The molecule has 114 valence electrons. The van der Waals surface area contributed by atoms with Gasteiger partial charge in [0.25, 0.3) is 5.91 Å². The van der Waals surface area contributed by atoms with E-state index in [4.69, 9.17) is 5.73 Å². The van der Waals surface area contributed by atoms with Gasteiger partial charge in [-0.2, -0.15) is 5.10 Å². The molecule has 6 nitrogen and oxygen atoms in total. The van der Waals surface area contributed by atoms with Crippen LogP contribution in [0.25, 0.3) is 21.1 Å². The van der Waals surface area contributed by atoms with Crippen molar-refractivity contribution in [3.8, 4) is 0 Å². The fraction of sp³-hybridized carbons (Fsp3) is 0.0625. The minimum absolute atomic E-state index is 0.223. The van der Waals surface area contributed by atoms with Crippen molar-refractivity contribution in [2.75, 3.05) is 5.73 Å². The second-order valence-electron chi connectivity index (χ2n) is 5.13. The van der Waals surface area contributed by atoms with Gasteiger partial charge < -0.3 is 11.1 Å². The van der Waals surface area contributed by atoms with E-state index in [1.165, 1.54) is 11.3 Å². The van der Waals surface area contributed by atoms with E-state index < -0.39 is 0 Å². The van der Waals surface area contributed by atoms with Gasteiger partial charge in [-0.15, -0.1) is 0 Å². The number of anilines is 1. The number of nitrogens with zero attached hydrogens (tertiary/aromatic N) is 2. The van der Waals surface area contributed by atoms with Crippen molar-refractivity contribution in [1.82, 2.24) is 20.5 Å². The summed E-state index contributed by atoms with van der Waals surface area (Å²) < 4.78 is 0.874. The Balaban J connectivity index is 1.70. The van der Waals surface area contributed by atoms with Gasteiger partial charge in [0.05, 0.1) is 21.1 Å². The first-order valence-corrected chi connectivity index (χ1v) is 7.89. The van der Waals surface area contributed by atoms with Crippen LogP contribution in [0.3, 0.4) is 0 Å². The number of amides is 1. The lowest BCUT2D eigenvalue weighted by Gasteiger charge is -2.03. The first-order chi connectivity index (χ1) is 11.2. The summed E-state index contributed by atoms with van der Waals surface area (Å²) in [5, 5.41) is 11.2. The first kappa shape index (κ1) is 13.7. The van der Waals surface area contributed by atoms with Gasteiger partial charge in [-0.1, -0.05) is 41.7 Å². The molecule has 0 aliphatic rings. The van der Waals surface area contributed by atoms with Crippen molar-refractivity contribution < 1.29 is 4.79 Å². The number of nitrogen functional groups attached to an aromatic ring is 1. The number of rotatable bonds is 3. The second-order valence-corrected chi connectivity index (χ2v) is 6.16. The number of aromatic amines is 1. The van der Waals surface area contributed by atoms with E-state index in [2.05, 4.69) is 20.5 Å². The van der Waals surface area contributed by atoms with E-state index in [1.54, 1.807) is 0 Å². The summed E-state index contributed by atoms with van der Waals surface area (Å²) >= 11 is 1.36. The van der Waals surface area contributed by atoms with Crippen LogP contribution in [-0.4, -0.2) is 21.1 Å². The third-order valence-corrected chi connectivity index (χ3v) is 4.53. The number of benzene rings is 2. The molecule has 0 aliphatic heterocycles. The zero-order chi connectivity index (χ0) is 15.8. The van der Waals surface area contributed by atoms with Crippen molar-refractivity contribution in [3.63, 3.8) is 0 Å². The minimum atomic E-state index is -0.223. The van der Waals surface area contributed by atoms with Gasteiger partial charge >= 0.3 is 0 Å². The molecule has 4 aromatic rings. The Morgan fingerprint density at radius 3 is 2.87 bits per heavy atom. The maximum absolute atomic E-state index is 12.5. The van der Waals surface area contributed by atoms with Crippen LogP contribution in [0.4, 0.5) is 5.13 Å². The zero-order valence-corrected chi connectivity index (χ0v) is 12.9. The summed E-state index contributed by atoms with van der Waals surface area (Å²) in [6.07, 6.45) is 0. The van der Waals surface area contributed by atoms with Crippen LogP contribution < -0.4 is 11.1 Å². The van der Waals surface area contributed by atoms with Crippen LogP contribution in [0.2, 0.25) is 0 Å². The topological polar surface area (TPSA) is 96.7 Å². The first-order valence-electron chi connectivity index (χ1n) is 7.07. The molecule has 2 aromatic heterocycles. The third-order valence-electron chi connectivity index (χ3n) is 3.61. The van der Waals surface area contributed by atoms with Gasteiger partial charge in [-0.05, 0) is 17.7 Å². The summed E-state index contributed by atoms with van der Waals surface area (Å²) in [6.45, 7) is 0.453. The van der Waals surface area contributed by atoms with Gasteiger partial charge in [0.15, 0.2) is 10.8 Å². The average Bonchev–Trinajstić information content (AvgIpc) is 3.15. The molecule has 0 radical (unpaired) electrons. The number of H-pyrrole nitrogens is 1. The third kappa shape index (κ3) is 2.40. The molecule has 0 saturated heterocycles. The predicted molar refractivity (Wildman–Crippen MR) is 91.3 cm³/mol. The molecule has 23 heavy (non-hydrogen) atoms. The van der Waals surface area contributed by atoms with Crippen molar-refractivity contribution >= 4 is 43.5 Å². The molecule has 1 amide bonds. The van der Waals surface area contributed by atoms with Gasteiger partial charge in [-0.25, -0.2) is 4.98 Å². The highest BCUT2D eigenvalue weighted by Crippen LogP contribution is 2.32. The average molecular weight is 323 g/mol. The van der Waals surface area contributed by atoms with E-state index in [0.29, 0.717) is 17.4 Å². The molecular formula is C16H13N5OS. The molecule has 4 rings (SSSR count). The van der Waals surface area contributed by atoms with Gasteiger partial charge in [0.2, 0.25) is 0 Å². The standard InChI is InChI=1S/C16H13N5OS/c17-16-19-11-7-6-10-12(14(11)23-16)13(21-20-10)15(22)18-8-9-4-2-1-3-5-9/h1-7H,8H2,(H2,17,19)(H,18,22)(H,20,21). The lowest BCUT2D eigenvalue weighted by atomic mass is 10.2. The molecule has 7 heteroatoms. The summed E-state index contributed by atoms with van der Waals surface area (Å²) in [5.74, 6) is -0.223. The number of carbonyl (C=O) groups excluding carboxylic acids is 1. The summed E-state index contributed by atoms with van der Waals surface area (Å²) in [7, 11) is 0. The van der Waals surface area contributed by atoms with E-state index in [-0.39, 0.29) is 5.91 Å². The maximum Gasteiger partial charge on any atom is 0.272 e. The molecule has 0 saturated carbocycles. The van der Waals surface area contributed by atoms with Crippen molar-refractivity contribution in [3.05, 3.63) is 53.7 Å². The van der Waals surface area contributed by atoms with Crippen LogP contribution in [0.1, 0.15) is 16.1 Å². The lowest BCUT2D eigenvalue weighted by molar-refractivity contribution is 0.0947. The SMILES string of the molecule is Nc1nc2ccc3[nH]nc(C(=O)NCc4ccccc4)c3c2s1. The fourth-order valence-corrected chi connectivity index (χ4v) is 3.42. The Kier molecular flexibility index (Phi) is 3.20. The van der Waals surface area contributed by atoms with Crippen molar-refractivity contribution in [1.29, 1.82) is 0 Å². The highest BCUT2D eigenvalue weighted by Gasteiger charge is 2.18. The van der Waals surface area contributed by atoms with E-state index in [1.807, 2.05) is 42.5 Å². The lowest BCUT2D eigenvalue weighted by Crippen LogP contribution is -2.23. The largest absolute Gasteiger partial charge is 0.375 e. The Morgan fingerprint density at radius 2 is 2.04 bits per heavy atom. The van der Waals surface area contributed by atoms with E-state index >= 15 is 0 Å². The highest BCUT2D eigenvalue weighted by atomic mass is 32.1. The normalized spacial score (nSPS) is 11.1. The molecule has 2 aromatic carbocycles. The van der Waals surface area contributed by atoms with Crippen LogP contribution in [0, 0.1) is 0 Å². The molecule has 0 spiro atoms. The second kappa shape index (κ2) is 5.36. The molecule has 2 heterocycles. The number of aromatic nitrogens is 3. The van der Waals surface area contributed by atoms with Crippen molar-refractivity contribution in [2.24, 2.45) is 0 Å². The number of carbonyl (C=O) groups is 1. The molecule has 0 aliphatic carbocycles. The number of hydrogen-bond donors (Lipinski definition) is 3. The minimum Gasteiger partial charge on any atom is -0.375 e. The number of nitrogens with two attached hydrogens (primary N) is 1. The Morgan fingerprint density at radius 1 is 1.22 bits per heavy atom. The molecule has 0 fully saturated rings. The number of fused-ring (bicyclic) bond motifs is 3. The van der Waals surface area contributed by atoms with Crippen LogP contribution in [0.15, 0.2) is 42.5 Å². The van der Waals surface area contributed by atoms with Crippen molar-refractivity contribution in [2.45, 2.75) is 6.54 Å². The molecular weight excluding hydrogens is 310 g/mol. The summed E-state index contributed by atoms with van der Waals surface area (Å²) in [4.78, 5) is 16.8. The molecule has 0 bridgehead atoms. The molecule has 0 unspecified atom stereocenters. The predicted octanol–water partition coefficient (Wildman–Crippen LogP) is 2.68. The highest BCUT2D eigenvalue weighted by molar-refractivity contribution is 7.23. The quantitative estimate of drug-likeness (QED) is 0.540. The number of hydrogen-bond acceptors (Lipinski definition) is 5. The van der Waals surface area contributed by atoms with Crippen LogP contribution in [0.5, 0.6) is 0 Å². The maximum atomic E-state index is 12.5. The number of nitrogens with one attached hydrogen (secondary N) is 2. The molecule has 0 atom stereocenters. The van der Waals surface area contributed by atoms with Crippen LogP contribution >= 0.6 is 11.3 Å². The van der Waals surface area contributed by atoms with E-state index in [0.717, 1.165) is 26.7 Å². The summed E-state index contributed by atoms with van der Waals surface area (Å²) in [5.41, 5.74) is 8.76. The molecule has 4 N–H and O–H groups in total. The fourth-order valence-electron chi connectivity index (χ4n) is 2.54. The summed E-state index contributed by atoms with van der Waals surface area (Å²) in [6, 6.07) is 13.5. The van der Waals surface area contributed by atoms with Gasteiger partial charge in [0.1, 0.15) is 0 Å².